The van der Waals surface area contributed by atoms with Crippen LogP contribution in [-0.4, -0.2) is 31.2 Å². The van der Waals surface area contributed by atoms with Crippen molar-refractivity contribution in [3.8, 4) is 0 Å². The number of nitrogens with one attached hydrogen (secondary N) is 1. The highest BCUT2D eigenvalue weighted by Crippen LogP contribution is 2.10. The van der Waals surface area contributed by atoms with Crippen LogP contribution in [0.3, 0.4) is 0 Å². The fourth-order valence-electron chi connectivity index (χ4n) is 0.858. The van der Waals surface area contributed by atoms with Crippen molar-refractivity contribution in [3.63, 3.8) is 0 Å². The molecule has 15 heavy (non-hydrogen) atoms. The van der Waals surface area contributed by atoms with Crippen LogP contribution in [0.2, 0.25) is 0 Å². The molecule has 0 radical (unpaired) electrons. The molecule has 1 rings (SSSR count). The lowest BCUT2D eigenvalue weighted by Gasteiger charge is -1.99. The van der Waals surface area contributed by atoms with E-state index in [0.717, 1.165) is 5.69 Å². The summed E-state index contributed by atoms with van der Waals surface area (Å²) >= 11 is 1.23. The molecule has 0 bridgehead atoms. The van der Waals surface area contributed by atoms with E-state index in [4.69, 9.17) is 15.3 Å². The van der Waals surface area contributed by atoms with E-state index in [9.17, 15) is 4.79 Å². The number of thiazole rings is 1. The number of hydrazine groups is 1. The molecule has 6 nitrogen and oxygen atoms in total. The van der Waals surface area contributed by atoms with E-state index < -0.39 is 0 Å². The summed E-state index contributed by atoms with van der Waals surface area (Å²) in [4.78, 5) is 15.1. The van der Waals surface area contributed by atoms with Crippen LogP contribution in [0.5, 0.6) is 0 Å². The van der Waals surface area contributed by atoms with E-state index >= 15 is 0 Å². The second-order valence-corrected chi connectivity index (χ2v) is 3.52. The topological polar surface area (TPSA) is 86.5 Å². The molecule has 0 saturated heterocycles. The Balaban J connectivity index is 2.36. The van der Waals surface area contributed by atoms with Gasteiger partial charge in [0.05, 0.1) is 25.5 Å². The quantitative estimate of drug-likeness (QED) is 0.309. The number of nitrogen functional groups attached to an aromatic ring is 1. The minimum atomic E-state index is -0.386. The zero-order valence-electron chi connectivity index (χ0n) is 8.36. The van der Waals surface area contributed by atoms with Gasteiger partial charge in [-0.3, -0.25) is 10.2 Å². The van der Waals surface area contributed by atoms with Gasteiger partial charge in [0.1, 0.15) is 0 Å². The van der Waals surface area contributed by atoms with Gasteiger partial charge in [-0.15, -0.1) is 11.3 Å². The van der Waals surface area contributed by atoms with Gasteiger partial charge in [-0.2, -0.15) is 0 Å². The number of rotatable bonds is 6. The second kappa shape index (κ2) is 6.46. The molecule has 1 aromatic heterocycles. The van der Waals surface area contributed by atoms with Gasteiger partial charge < -0.3 is 9.47 Å². The van der Waals surface area contributed by atoms with Gasteiger partial charge in [0.25, 0.3) is 5.91 Å². The Morgan fingerprint density at radius 3 is 3.13 bits per heavy atom. The Hall–Kier alpha value is -1.02. The summed E-state index contributed by atoms with van der Waals surface area (Å²) in [6, 6.07) is 0. The molecular formula is C8H13N3O3S. The number of ether oxygens (including phenoxy) is 2. The first-order chi connectivity index (χ1) is 7.27. The average Bonchev–Trinajstić information content (AvgIpc) is 2.72. The first kappa shape index (κ1) is 12.1. The number of hydrogen-bond donors (Lipinski definition) is 2. The Morgan fingerprint density at radius 2 is 2.47 bits per heavy atom. The summed E-state index contributed by atoms with van der Waals surface area (Å²) in [5.41, 5.74) is 2.74. The van der Waals surface area contributed by atoms with Crippen LogP contribution in [0, 0.1) is 0 Å². The number of hydrogen-bond acceptors (Lipinski definition) is 6. The van der Waals surface area contributed by atoms with E-state index in [1.165, 1.54) is 11.3 Å². The van der Waals surface area contributed by atoms with E-state index in [-0.39, 0.29) is 5.91 Å². The van der Waals surface area contributed by atoms with Crippen molar-refractivity contribution in [2.24, 2.45) is 5.84 Å². The van der Waals surface area contributed by atoms with Crippen LogP contribution in [0.4, 0.5) is 0 Å². The van der Waals surface area contributed by atoms with Crippen molar-refractivity contribution in [2.75, 3.05) is 20.3 Å². The summed E-state index contributed by atoms with van der Waals surface area (Å²) in [6.07, 6.45) is 0. The molecule has 0 spiro atoms. The normalized spacial score (nSPS) is 10.3. The minimum absolute atomic E-state index is 0.336. The number of nitrogens with zero attached hydrogens (tertiary/aromatic N) is 1. The Bertz CT molecular complexity index is 316. The van der Waals surface area contributed by atoms with Gasteiger partial charge in [-0.1, -0.05) is 0 Å². The molecule has 1 heterocycles. The molecule has 1 amide bonds. The average molecular weight is 231 g/mol. The van der Waals surface area contributed by atoms with Gasteiger partial charge in [-0.25, -0.2) is 10.8 Å². The van der Waals surface area contributed by atoms with E-state index in [1.54, 1.807) is 12.5 Å². The molecule has 0 saturated carbocycles. The highest BCUT2D eigenvalue weighted by atomic mass is 32.1. The fourth-order valence-corrected chi connectivity index (χ4v) is 1.56. The zero-order chi connectivity index (χ0) is 11.1. The van der Waals surface area contributed by atoms with E-state index in [1.807, 2.05) is 5.43 Å². The Morgan fingerprint density at radius 1 is 1.67 bits per heavy atom. The Kier molecular flexibility index (Phi) is 5.19. The second-order valence-electron chi connectivity index (χ2n) is 2.66. The van der Waals surface area contributed by atoms with Gasteiger partial charge in [-0.05, 0) is 0 Å². The highest BCUT2D eigenvalue weighted by Gasteiger charge is 2.08. The molecular weight excluding hydrogens is 218 g/mol. The zero-order valence-corrected chi connectivity index (χ0v) is 9.17. The standard InChI is InChI=1S/C8H13N3O3S/c1-13-2-3-14-4-6-5-15-8(10-6)7(12)11-9/h5H,2-4,9H2,1H3,(H,11,12). The summed E-state index contributed by atoms with van der Waals surface area (Å²) in [7, 11) is 1.61. The monoisotopic (exact) mass is 231 g/mol. The fraction of sp³-hybridized carbons (Fsp3) is 0.500. The number of aromatic nitrogens is 1. The summed E-state index contributed by atoms with van der Waals surface area (Å²) in [5.74, 6) is 4.59. The van der Waals surface area contributed by atoms with E-state index in [0.29, 0.717) is 24.8 Å². The van der Waals surface area contributed by atoms with Crippen LogP contribution in [-0.2, 0) is 16.1 Å². The third-order valence-electron chi connectivity index (χ3n) is 1.56. The number of amides is 1. The molecule has 0 aromatic carbocycles. The van der Waals surface area contributed by atoms with Crippen molar-refractivity contribution >= 4 is 17.2 Å². The van der Waals surface area contributed by atoms with Crippen molar-refractivity contribution in [1.82, 2.24) is 10.4 Å². The first-order valence-electron chi connectivity index (χ1n) is 4.30. The van der Waals surface area contributed by atoms with Crippen molar-refractivity contribution < 1.29 is 14.3 Å². The van der Waals surface area contributed by atoms with Crippen LogP contribution >= 0.6 is 11.3 Å². The van der Waals surface area contributed by atoms with Gasteiger partial charge in [0.2, 0.25) is 0 Å². The molecule has 0 atom stereocenters. The lowest BCUT2D eigenvalue weighted by molar-refractivity contribution is 0.0603. The summed E-state index contributed by atoms with van der Waals surface area (Å²) in [5, 5.41) is 2.10. The van der Waals surface area contributed by atoms with Crippen LogP contribution < -0.4 is 11.3 Å². The summed E-state index contributed by atoms with van der Waals surface area (Å²) < 4.78 is 10.1. The van der Waals surface area contributed by atoms with Gasteiger partial charge in [0.15, 0.2) is 5.01 Å². The Labute approximate surface area is 91.4 Å². The maximum absolute atomic E-state index is 11.1. The molecule has 0 aliphatic carbocycles. The predicted octanol–water partition coefficient (Wildman–Crippen LogP) is -0.0904. The summed E-state index contributed by atoms with van der Waals surface area (Å²) in [6.45, 7) is 1.42. The smallest absolute Gasteiger partial charge is 0.294 e. The number of carbonyl (C=O) groups is 1. The largest absolute Gasteiger partial charge is 0.382 e. The maximum atomic E-state index is 11.1. The molecule has 0 unspecified atom stereocenters. The molecule has 0 aliphatic heterocycles. The molecule has 0 aliphatic rings. The van der Waals surface area contributed by atoms with Gasteiger partial charge >= 0.3 is 0 Å². The molecule has 84 valence electrons. The lowest BCUT2D eigenvalue weighted by Crippen LogP contribution is -2.29. The maximum Gasteiger partial charge on any atom is 0.294 e. The molecule has 1 aromatic rings. The lowest BCUT2D eigenvalue weighted by atomic mass is 10.5. The van der Waals surface area contributed by atoms with Crippen molar-refractivity contribution in [3.05, 3.63) is 16.1 Å². The van der Waals surface area contributed by atoms with Crippen molar-refractivity contribution in [2.45, 2.75) is 6.61 Å². The van der Waals surface area contributed by atoms with Crippen molar-refractivity contribution in [1.29, 1.82) is 0 Å². The molecule has 3 N–H and O–H groups in total. The molecule has 7 heteroatoms. The highest BCUT2D eigenvalue weighted by molar-refractivity contribution is 7.11. The number of methoxy groups -OCH3 is 1. The third-order valence-corrected chi connectivity index (χ3v) is 2.45. The first-order valence-corrected chi connectivity index (χ1v) is 5.18. The van der Waals surface area contributed by atoms with Crippen LogP contribution in [0.25, 0.3) is 0 Å². The van der Waals surface area contributed by atoms with Crippen LogP contribution in [0.15, 0.2) is 5.38 Å². The van der Waals surface area contributed by atoms with Gasteiger partial charge in [0, 0.05) is 12.5 Å². The minimum Gasteiger partial charge on any atom is -0.382 e. The number of nitrogens with two attached hydrogens (primary N) is 1. The molecule has 0 fully saturated rings. The predicted molar refractivity (Wildman–Crippen MR) is 55.3 cm³/mol. The number of carbonyl (C=O) groups excluding carboxylic acids is 1. The third kappa shape index (κ3) is 3.92. The SMILES string of the molecule is COCCOCc1csc(C(=O)NN)n1. The van der Waals surface area contributed by atoms with E-state index in [2.05, 4.69) is 4.98 Å². The van der Waals surface area contributed by atoms with Crippen LogP contribution in [0.1, 0.15) is 15.5 Å².